The third-order valence-corrected chi connectivity index (χ3v) is 15.7. The number of unbranched alkanes of at least 4 members (excludes halogenated alkanes) is 14. The fraction of sp³-hybridized carbons (Fsp3) is 0.517. The maximum absolute atomic E-state index is 12.8. The lowest BCUT2D eigenvalue weighted by Gasteiger charge is -2.19. The van der Waals surface area contributed by atoms with Gasteiger partial charge in [-0.25, -0.2) is 4.57 Å². The molecule has 2 unspecified atom stereocenters. The first-order chi connectivity index (χ1) is 47.8. The van der Waals surface area contributed by atoms with Crippen LogP contribution in [0, 0.1) is 0 Å². The van der Waals surface area contributed by atoms with E-state index in [4.69, 9.17) is 24.3 Å². The van der Waals surface area contributed by atoms with Crippen LogP contribution in [-0.4, -0.2) is 49.3 Å². The van der Waals surface area contributed by atoms with Crippen LogP contribution in [0.25, 0.3) is 0 Å². The average Bonchev–Trinajstić information content (AvgIpc) is 2.88. The second-order valence-electron chi connectivity index (χ2n) is 23.7. The molecule has 97 heavy (non-hydrogen) atoms. The van der Waals surface area contributed by atoms with Crippen LogP contribution in [0.15, 0.2) is 243 Å². The van der Waals surface area contributed by atoms with E-state index in [0.717, 1.165) is 186 Å². The van der Waals surface area contributed by atoms with Crippen molar-refractivity contribution in [3.63, 3.8) is 0 Å². The van der Waals surface area contributed by atoms with Crippen molar-refractivity contribution in [1.82, 2.24) is 0 Å². The van der Waals surface area contributed by atoms with Crippen LogP contribution in [0.1, 0.15) is 258 Å². The summed E-state index contributed by atoms with van der Waals surface area (Å²) in [6.45, 7) is 3.46. The summed E-state index contributed by atoms with van der Waals surface area (Å²) >= 11 is 0. The smallest absolute Gasteiger partial charge is 0.462 e. The maximum Gasteiger partial charge on any atom is 0.472 e. The normalized spacial score (nSPS) is 14.3. The number of carbonyl (C=O) groups excluding carboxylic acids is 2. The Bertz CT molecular complexity index is 2500. The predicted molar refractivity (Wildman–Crippen MR) is 421 cm³/mol. The van der Waals surface area contributed by atoms with Crippen molar-refractivity contribution in [2.75, 3.05) is 26.4 Å². The number of phosphoric ester groups is 1. The summed E-state index contributed by atoms with van der Waals surface area (Å²) in [5.74, 6) is -0.875. The quantitative estimate of drug-likeness (QED) is 0.0264. The molecule has 10 heteroatoms. The van der Waals surface area contributed by atoms with Crippen molar-refractivity contribution >= 4 is 19.8 Å². The Kier molecular flexibility index (Phi) is 73.8. The van der Waals surface area contributed by atoms with Gasteiger partial charge in [-0.3, -0.25) is 18.6 Å². The topological polar surface area (TPSA) is 134 Å². The van der Waals surface area contributed by atoms with Gasteiger partial charge in [0.25, 0.3) is 0 Å². The van der Waals surface area contributed by atoms with Gasteiger partial charge in [0, 0.05) is 19.4 Å². The maximum atomic E-state index is 12.8. The van der Waals surface area contributed by atoms with Gasteiger partial charge >= 0.3 is 19.8 Å². The van der Waals surface area contributed by atoms with Crippen LogP contribution in [0.4, 0.5) is 0 Å². The molecule has 0 spiro atoms. The van der Waals surface area contributed by atoms with Crippen LogP contribution < -0.4 is 5.73 Å². The number of hydrogen-bond donors (Lipinski definition) is 2. The molecular weight excluding hydrogens is 1220 g/mol. The SMILES string of the molecule is CC/C=C\C/C=C\C/C=C\C/C=C\C/C=C\C/C=C\C/C=C\C/C=C\C/C=C\C/C=C\C/C=C\CCCCCCCC(=O)OC(COC(=O)CCCCCCCCCCC/C=C\C/C=C\C/C=C\C/C=C\C/C=C\C/C=C\C/C=C\C/C=C\C/C=C\CC)COP(=O)(O)OCCN. The van der Waals surface area contributed by atoms with E-state index in [1.165, 1.54) is 32.1 Å². The van der Waals surface area contributed by atoms with Gasteiger partial charge in [-0.1, -0.05) is 321 Å². The molecule has 0 heterocycles. The summed E-state index contributed by atoms with van der Waals surface area (Å²) in [6, 6.07) is 0. The number of allylic oxidation sites excluding steroid dienone is 40. The van der Waals surface area contributed by atoms with E-state index >= 15 is 0 Å². The molecule has 3 N–H and O–H groups in total. The lowest BCUT2D eigenvalue weighted by atomic mass is 10.1. The molecule has 0 aliphatic rings. The number of esters is 2. The molecule has 0 aromatic rings. The molecule has 9 nitrogen and oxygen atoms in total. The summed E-state index contributed by atoms with van der Waals surface area (Å²) in [5, 5.41) is 0. The molecule has 0 bridgehead atoms. The average molecular weight is 1350 g/mol. The van der Waals surface area contributed by atoms with Crippen LogP contribution >= 0.6 is 7.82 Å². The van der Waals surface area contributed by atoms with Gasteiger partial charge in [0.1, 0.15) is 6.61 Å². The number of ether oxygens (including phenoxy) is 2. The molecule has 2 atom stereocenters. The van der Waals surface area contributed by atoms with Crippen molar-refractivity contribution in [3.8, 4) is 0 Å². The lowest BCUT2D eigenvalue weighted by Crippen LogP contribution is -2.29. The molecule has 0 saturated heterocycles. The van der Waals surface area contributed by atoms with Gasteiger partial charge < -0.3 is 20.1 Å². The monoisotopic (exact) mass is 1350 g/mol. The van der Waals surface area contributed by atoms with Crippen molar-refractivity contribution < 1.29 is 37.6 Å². The highest BCUT2D eigenvalue weighted by Crippen LogP contribution is 2.43. The van der Waals surface area contributed by atoms with E-state index in [-0.39, 0.29) is 32.6 Å². The molecule has 0 aliphatic heterocycles. The Morgan fingerprint density at radius 3 is 0.794 bits per heavy atom. The minimum Gasteiger partial charge on any atom is -0.462 e. The van der Waals surface area contributed by atoms with Crippen LogP contribution in [0.3, 0.4) is 0 Å². The van der Waals surface area contributed by atoms with Crippen molar-refractivity contribution in [2.45, 2.75) is 264 Å². The zero-order chi connectivity index (χ0) is 70.0. The Labute approximate surface area is 593 Å². The highest BCUT2D eigenvalue weighted by atomic mass is 31.2. The standard InChI is InChI=1S/C87H134NO8P/c1-3-5-7-9-11-13-15-17-19-21-23-25-27-29-31-33-35-37-39-41-42-44-46-48-50-52-54-56-58-60-62-64-66-68-70-72-74-76-78-80-87(90)96-85(84-95-97(91,92)94-82-81-88)83-93-86(89)79-77-75-73-71-69-67-65-63-61-59-57-55-53-51-49-47-45-43-40-38-36-34-32-30-28-26-24-22-20-18-16-14-12-10-8-6-4-2/h5-8,11-14,17-20,23-26,29-32,35-38,41-43,45-46,48-49,51-52,54-55,57-58,60,64,66,85H,3-4,9-10,15-16,21-22,27-28,33-34,39-40,44,47,50,53,56,59,61-63,65,67-84,88H2,1-2H3,(H,91,92)/b7-5-,8-6-,13-11-,14-12-,19-17-,20-18-,25-23-,26-24-,31-29-,32-30-,37-35-,38-36-,42-41-,45-43-,48-46-,51-49-,54-52-,57-55-,60-58-,66-64-. The number of nitrogens with two attached hydrogens (primary N) is 1. The van der Waals surface area contributed by atoms with E-state index in [9.17, 15) is 19.0 Å². The second-order valence-corrected chi connectivity index (χ2v) is 25.1. The van der Waals surface area contributed by atoms with Crippen molar-refractivity contribution in [3.05, 3.63) is 243 Å². The summed E-state index contributed by atoms with van der Waals surface area (Å²) in [7, 11) is -4.42. The second kappa shape index (κ2) is 78.8. The zero-order valence-corrected chi connectivity index (χ0v) is 61.6. The Morgan fingerprint density at radius 2 is 0.536 bits per heavy atom. The zero-order valence-electron chi connectivity index (χ0n) is 60.7. The first-order valence-electron chi connectivity index (χ1n) is 37.5. The minimum absolute atomic E-state index is 0.0361. The summed E-state index contributed by atoms with van der Waals surface area (Å²) < 4.78 is 33.2. The third-order valence-electron chi connectivity index (χ3n) is 14.7. The van der Waals surface area contributed by atoms with E-state index in [2.05, 4.69) is 257 Å². The van der Waals surface area contributed by atoms with Gasteiger partial charge in [-0.2, -0.15) is 0 Å². The first kappa shape index (κ1) is 90.8. The minimum atomic E-state index is -4.42. The molecule has 0 aliphatic carbocycles. The number of rotatable bonds is 67. The molecule has 0 radical (unpaired) electrons. The van der Waals surface area contributed by atoms with Gasteiger partial charge in [0.05, 0.1) is 13.2 Å². The largest absolute Gasteiger partial charge is 0.472 e. The highest BCUT2D eigenvalue weighted by Gasteiger charge is 2.26. The Morgan fingerprint density at radius 1 is 0.309 bits per heavy atom. The predicted octanol–water partition coefficient (Wildman–Crippen LogP) is 25.5. The van der Waals surface area contributed by atoms with Crippen LogP contribution in [-0.2, 0) is 32.7 Å². The molecular formula is C87H134NO8P. The van der Waals surface area contributed by atoms with Gasteiger partial charge in [-0.15, -0.1) is 0 Å². The van der Waals surface area contributed by atoms with E-state index in [0.29, 0.717) is 12.8 Å². The van der Waals surface area contributed by atoms with E-state index < -0.39 is 32.5 Å². The number of hydrogen-bond acceptors (Lipinski definition) is 8. The van der Waals surface area contributed by atoms with Gasteiger partial charge in [-0.05, 0) is 167 Å². The molecule has 0 rings (SSSR count). The molecule has 0 fully saturated rings. The first-order valence-corrected chi connectivity index (χ1v) is 39.0. The fourth-order valence-electron chi connectivity index (χ4n) is 9.28. The van der Waals surface area contributed by atoms with E-state index in [1.54, 1.807) is 0 Å². The fourth-order valence-corrected chi connectivity index (χ4v) is 10.0. The molecule has 0 amide bonds. The molecule has 0 aromatic heterocycles. The van der Waals surface area contributed by atoms with Gasteiger partial charge in [0.15, 0.2) is 6.10 Å². The Hall–Kier alpha value is -6.19. The summed E-state index contributed by atoms with van der Waals surface area (Å²) in [6.07, 6.45) is 125. The van der Waals surface area contributed by atoms with E-state index in [1.807, 2.05) is 0 Å². The summed E-state index contributed by atoms with van der Waals surface area (Å²) in [4.78, 5) is 35.4. The lowest BCUT2D eigenvalue weighted by molar-refractivity contribution is -0.161. The van der Waals surface area contributed by atoms with Crippen molar-refractivity contribution in [2.24, 2.45) is 5.73 Å². The third kappa shape index (κ3) is 78.7. The highest BCUT2D eigenvalue weighted by molar-refractivity contribution is 7.47. The van der Waals surface area contributed by atoms with Crippen LogP contribution in [0.2, 0.25) is 0 Å². The van der Waals surface area contributed by atoms with Crippen molar-refractivity contribution in [1.29, 1.82) is 0 Å². The Balaban J connectivity index is 4.04. The number of carbonyl (C=O) groups is 2. The molecule has 0 saturated carbocycles. The number of phosphoric acid groups is 1. The van der Waals surface area contributed by atoms with Gasteiger partial charge in [0.2, 0.25) is 0 Å². The molecule has 540 valence electrons. The summed E-state index contributed by atoms with van der Waals surface area (Å²) in [5.41, 5.74) is 5.40. The molecule has 0 aromatic carbocycles. The van der Waals surface area contributed by atoms with Crippen LogP contribution in [0.5, 0.6) is 0 Å².